The molecule has 0 spiro atoms. The molecular formula is C7H12Cl2NO3-. The van der Waals surface area contributed by atoms with Gasteiger partial charge in [-0.1, -0.05) is 0 Å². The van der Waals surface area contributed by atoms with Crippen LogP contribution in [-0.4, -0.2) is 29.9 Å². The zero-order chi connectivity index (χ0) is 8.27. The van der Waals surface area contributed by atoms with Gasteiger partial charge in [-0.2, -0.15) is 0 Å². The third-order valence-electron chi connectivity index (χ3n) is 1.74. The first-order valence-corrected chi connectivity index (χ1v) is 3.68. The molecule has 0 aromatic carbocycles. The fraction of sp³-hybridized carbons (Fsp3) is 0.714. The molecule has 1 rings (SSSR count). The summed E-state index contributed by atoms with van der Waals surface area (Å²) < 4.78 is 0. The van der Waals surface area contributed by atoms with Crippen molar-refractivity contribution < 1.29 is 14.7 Å². The molecule has 1 fully saturated rings. The number of carboxylic acids is 1. The van der Waals surface area contributed by atoms with Crippen molar-refractivity contribution in [2.75, 3.05) is 13.1 Å². The van der Waals surface area contributed by atoms with Gasteiger partial charge in [-0.15, -0.1) is 24.8 Å². The summed E-state index contributed by atoms with van der Waals surface area (Å²) >= 11 is 0. The van der Waals surface area contributed by atoms with E-state index in [0.717, 1.165) is 12.8 Å². The molecule has 1 aliphatic rings. The second-order valence-corrected chi connectivity index (χ2v) is 2.64. The van der Waals surface area contributed by atoms with Crippen LogP contribution in [0.1, 0.15) is 19.3 Å². The quantitative estimate of drug-likeness (QED) is 0.646. The first kappa shape index (κ1) is 15.0. The maximum absolute atomic E-state index is 11.0. The number of halogens is 2. The van der Waals surface area contributed by atoms with Crippen LogP contribution in [-0.2, 0) is 9.59 Å². The van der Waals surface area contributed by atoms with Gasteiger partial charge in [0.05, 0.1) is 12.5 Å². The average Bonchev–Trinajstić information content (AvgIpc) is 1.93. The molecule has 0 unspecified atom stereocenters. The highest BCUT2D eigenvalue weighted by Gasteiger charge is 2.16. The van der Waals surface area contributed by atoms with Gasteiger partial charge in [0.15, 0.2) is 0 Å². The Hall–Kier alpha value is -0.480. The van der Waals surface area contributed by atoms with E-state index in [1.807, 2.05) is 0 Å². The number of piperidine rings is 1. The lowest BCUT2D eigenvalue weighted by Crippen LogP contribution is -2.43. The van der Waals surface area contributed by atoms with Gasteiger partial charge >= 0.3 is 0 Å². The van der Waals surface area contributed by atoms with Crippen LogP contribution in [0, 0.1) is 0 Å². The number of carbonyl (C=O) groups excluding carboxylic acids is 2. The van der Waals surface area contributed by atoms with Gasteiger partial charge in [-0.05, 0) is 12.8 Å². The first-order valence-electron chi connectivity index (χ1n) is 3.68. The van der Waals surface area contributed by atoms with E-state index >= 15 is 0 Å². The minimum atomic E-state index is -1.18. The number of nitrogens with zero attached hydrogens (tertiary/aromatic N) is 1. The molecule has 0 aliphatic carbocycles. The molecule has 0 aromatic rings. The number of carboxylic acid groups (broad SMARTS) is 1. The van der Waals surface area contributed by atoms with E-state index < -0.39 is 5.97 Å². The summed E-state index contributed by atoms with van der Waals surface area (Å²) in [5.41, 5.74) is 0. The van der Waals surface area contributed by atoms with Gasteiger partial charge in [0, 0.05) is 13.0 Å². The Morgan fingerprint density at radius 1 is 1.38 bits per heavy atom. The monoisotopic (exact) mass is 228 g/mol. The normalized spacial score (nSPS) is 15.7. The molecule has 4 nitrogen and oxygen atoms in total. The fourth-order valence-corrected chi connectivity index (χ4v) is 1.18. The van der Waals surface area contributed by atoms with Crippen molar-refractivity contribution in [2.45, 2.75) is 19.3 Å². The van der Waals surface area contributed by atoms with Crippen LogP contribution in [0.3, 0.4) is 0 Å². The minimum absolute atomic E-state index is 0. The Morgan fingerprint density at radius 3 is 2.46 bits per heavy atom. The Morgan fingerprint density at radius 2 is 2.00 bits per heavy atom. The lowest BCUT2D eigenvalue weighted by atomic mass is 10.1. The Labute approximate surface area is 89.1 Å². The summed E-state index contributed by atoms with van der Waals surface area (Å²) in [7, 11) is 0. The van der Waals surface area contributed by atoms with Crippen LogP contribution in [0.5, 0.6) is 0 Å². The van der Waals surface area contributed by atoms with Crippen molar-refractivity contribution in [1.82, 2.24) is 4.90 Å². The van der Waals surface area contributed by atoms with Crippen molar-refractivity contribution >= 4 is 36.7 Å². The number of amides is 1. The zero-order valence-corrected chi connectivity index (χ0v) is 8.66. The fourth-order valence-electron chi connectivity index (χ4n) is 1.18. The van der Waals surface area contributed by atoms with Crippen molar-refractivity contribution in [3.8, 4) is 0 Å². The second kappa shape index (κ2) is 6.97. The molecule has 1 amide bonds. The maximum atomic E-state index is 11.0. The molecule has 0 atom stereocenters. The highest BCUT2D eigenvalue weighted by Crippen LogP contribution is 2.08. The number of aliphatic carboxylic acids is 1. The van der Waals surface area contributed by atoms with E-state index in [2.05, 4.69) is 0 Å². The van der Waals surface area contributed by atoms with Crippen LogP contribution < -0.4 is 5.11 Å². The Balaban J connectivity index is 0. The van der Waals surface area contributed by atoms with E-state index in [-0.39, 0.29) is 37.3 Å². The third-order valence-corrected chi connectivity index (χ3v) is 1.74. The summed E-state index contributed by atoms with van der Waals surface area (Å²) in [6.45, 7) is 0.311. The smallest absolute Gasteiger partial charge is 0.222 e. The number of rotatable bonds is 2. The second-order valence-electron chi connectivity index (χ2n) is 2.64. The van der Waals surface area contributed by atoms with Crippen molar-refractivity contribution in [1.29, 1.82) is 0 Å². The van der Waals surface area contributed by atoms with Crippen LogP contribution in [0.25, 0.3) is 0 Å². The molecular weight excluding hydrogens is 217 g/mol. The van der Waals surface area contributed by atoms with E-state index in [0.29, 0.717) is 13.0 Å². The minimum Gasteiger partial charge on any atom is -0.548 e. The molecule has 0 saturated carbocycles. The van der Waals surface area contributed by atoms with Crippen LogP contribution in [0.4, 0.5) is 0 Å². The zero-order valence-electron chi connectivity index (χ0n) is 7.02. The SMILES string of the molecule is Cl.Cl.O=C([O-])CN1CCCCC1=O. The van der Waals surface area contributed by atoms with Crippen molar-refractivity contribution in [3.63, 3.8) is 0 Å². The third kappa shape index (κ3) is 4.95. The lowest BCUT2D eigenvalue weighted by Gasteiger charge is -2.26. The molecule has 13 heavy (non-hydrogen) atoms. The summed E-state index contributed by atoms with van der Waals surface area (Å²) in [6.07, 6.45) is 2.26. The molecule has 1 heterocycles. The van der Waals surface area contributed by atoms with Crippen LogP contribution in [0.15, 0.2) is 0 Å². The highest BCUT2D eigenvalue weighted by atomic mass is 35.5. The summed E-state index contributed by atoms with van der Waals surface area (Å²) in [4.78, 5) is 22.4. The molecule has 1 saturated heterocycles. The average molecular weight is 229 g/mol. The Bertz CT molecular complexity index is 187. The molecule has 0 N–H and O–H groups in total. The topological polar surface area (TPSA) is 60.4 Å². The molecule has 6 heteroatoms. The molecule has 0 bridgehead atoms. The highest BCUT2D eigenvalue weighted by molar-refractivity contribution is 5.85. The Kier molecular flexibility index (Phi) is 8.05. The summed E-state index contributed by atoms with van der Waals surface area (Å²) in [6, 6.07) is 0. The summed E-state index contributed by atoms with van der Waals surface area (Å²) in [5, 5.41) is 10.1. The van der Waals surface area contributed by atoms with Crippen LogP contribution >= 0.6 is 24.8 Å². The van der Waals surface area contributed by atoms with Gasteiger partial charge in [0.2, 0.25) is 5.91 Å². The van der Waals surface area contributed by atoms with Crippen LogP contribution in [0.2, 0.25) is 0 Å². The predicted octanol–water partition coefficient (Wildman–Crippen LogP) is -0.408. The van der Waals surface area contributed by atoms with E-state index in [1.54, 1.807) is 0 Å². The number of hydrogen-bond acceptors (Lipinski definition) is 3. The van der Waals surface area contributed by atoms with Gasteiger partial charge in [0.25, 0.3) is 0 Å². The molecule has 0 aromatic heterocycles. The lowest BCUT2D eigenvalue weighted by molar-refractivity contribution is -0.306. The molecule has 0 radical (unpaired) electrons. The number of likely N-dealkylation sites (tertiary alicyclic amines) is 1. The summed E-state index contributed by atoms with van der Waals surface area (Å²) in [5.74, 6) is -1.25. The van der Waals surface area contributed by atoms with Crippen molar-refractivity contribution in [2.24, 2.45) is 0 Å². The molecule has 78 valence electrons. The van der Waals surface area contributed by atoms with Gasteiger partial charge in [-0.25, -0.2) is 0 Å². The largest absolute Gasteiger partial charge is 0.548 e. The predicted molar refractivity (Wildman–Crippen MR) is 49.9 cm³/mol. The maximum Gasteiger partial charge on any atom is 0.222 e. The first-order chi connectivity index (χ1) is 5.20. The van der Waals surface area contributed by atoms with E-state index in [1.165, 1.54) is 4.90 Å². The van der Waals surface area contributed by atoms with Gasteiger partial charge < -0.3 is 14.8 Å². The number of carbonyl (C=O) groups is 2. The van der Waals surface area contributed by atoms with E-state index in [4.69, 9.17) is 0 Å². The van der Waals surface area contributed by atoms with Gasteiger partial charge in [-0.3, -0.25) is 4.79 Å². The van der Waals surface area contributed by atoms with Gasteiger partial charge in [0.1, 0.15) is 0 Å². The van der Waals surface area contributed by atoms with Crippen molar-refractivity contribution in [3.05, 3.63) is 0 Å². The number of hydrogen-bond donors (Lipinski definition) is 0. The van der Waals surface area contributed by atoms with E-state index in [9.17, 15) is 14.7 Å². The standard InChI is InChI=1S/C7H11NO3.2ClH/c9-6-3-1-2-4-8(6)5-7(10)11;;/h1-5H2,(H,10,11);2*1H/p-1. The molecule has 1 aliphatic heterocycles.